The molecular formula is C25H29F2NO5. The van der Waals surface area contributed by atoms with Crippen molar-refractivity contribution in [1.82, 2.24) is 0 Å². The minimum Gasteiger partial charge on any atom is -0.490 e. The molecule has 0 saturated carbocycles. The molecule has 0 aromatic heterocycles. The Kier molecular flexibility index (Phi) is 9.21. The van der Waals surface area contributed by atoms with E-state index in [9.17, 15) is 13.6 Å². The summed E-state index contributed by atoms with van der Waals surface area (Å²) in [7, 11) is 0. The standard InChI is InChI=1S/C25H29F2NO5/c1-17(14-24(28)29)18-9-10-22(33-16-19-20(26)6-4-7-21(19)27)23(15-18)30-12-5-13-32-25-8-2-3-11-31-25/h4,6-7,9-10,14-15,25H,2-3,5,8,11-13,16H2,1H3,(H2,28,29)/b17-14-. The number of carbonyl (C=O) groups excluding carboxylic acids is 1. The molecular weight excluding hydrogens is 432 g/mol. The minimum atomic E-state index is -0.684. The first-order chi connectivity index (χ1) is 15.9. The second-order valence-electron chi connectivity index (χ2n) is 7.75. The minimum absolute atomic E-state index is 0.168. The van der Waals surface area contributed by atoms with Crippen LogP contribution in [-0.2, 0) is 20.9 Å². The van der Waals surface area contributed by atoms with Gasteiger partial charge in [0, 0.05) is 19.1 Å². The first-order valence-corrected chi connectivity index (χ1v) is 11.0. The van der Waals surface area contributed by atoms with Crippen LogP contribution in [0.1, 0.15) is 43.7 Å². The SMILES string of the molecule is C/C(=C/C(N)=O)c1ccc(OCc2c(F)cccc2F)c(OCCCOC2CCCCO2)c1. The van der Waals surface area contributed by atoms with E-state index in [0.29, 0.717) is 42.3 Å². The third kappa shape index (κ3) is 7.54. The van der Waals surface area contributed by atoms with E-state index in [1.54, 1.807) is 25.1 Å². The van der Waals surface area contributed by atoms with Crippen LogP contribution < -0.4 is 15.2 Å². The van der Waals surface area contributed by atoms with Gasteiger partial charge in [-0.05, 0) is 61.6 Å². The summed E-state index contributed by atoms with van der Waals surface area (Å²) in [4.78, 5) is 11.2. The van der Waals surface area contributed by atoms with Gasteiger partial charge in [0.2, 0.25) is 5.91 Å². The molecule has 2 aromatic rings. The Morgan fingerprint density at radius 3 is 2.61 bits per heavy atom. The lowest BCUT2D eigenvalue weighted by Crippen LogP contribution is -2.23. The number of amides is 1. The average molecular weight is 462 g/mol. The van der Waals surface area contributed by atoms with Crippen molar-refractivity contribution in [1.29, 1.82) is 0 Å². The number of benzene rings is 2. The molecule has 1 fully saturated rings. The molecule has 3 rings (SSSR count). The van der Waals surface area contributed by atoms with Gasteiger partial charge in [0.15, 0.2) is 17.8 Å². The Balaban J connectivity index is 1.66. The highest BCUT2D eigenvalue weighted by atomic mass is 19.1. The highest BCUT2D eigenvalue weighted by Crippen LogP contribution is 2.32. The van der Waals surface area contributed by atoms with Crippen LogP contribution in [0.15, 0.2) is 42.5 Å². The van der Waals surface area contributed by atoms with Crippen LogP contribution in [-0.4, -0.2) is 32.0 Å². The predicted octanol–water partition coefficient (Wildman–Crippen LogP) is 4.74. The van der Waals surface area contributed by atoms with Gasteiger partial charge in [0.05, 0.1) is 18.8 Å². The van der Waals surface area contributed by atoms with Gasteiger partial charge in [-0.15, -0.1) is 0 Å². The molecule has 2 N–H and O–H groups in total. The second kappa shape index (κ2) is 12.3. The Bertz CT molecular complexity index is 953. The zero-order valence-corrected chi connectivity index (χ0v) is 18.7. The molecule has 33 heavy (non-hydrogen) atoms. The topological polar surface area (TPSA) is 80.0 Å². The molecule has 8 heteroatoms. The fourth-order valence-electron chi connectivity index (χ4n) is 3.40. The van der Waals surface area contributed by atoms with E-state index < -0.39 is 17.5 Å². The highest BCUT2D eigenvalue weighted by Gasteiger charge is 2.15. The van der Waals surface area contributed by atoms with E-state index in [0.717, 1.165) is 25.9 Å². The van der Waals surface area contributed by atoms with Crippen LogP contribution in [0.2, 0.25) is 0 Å². The number of primary amides is 1. The van der Waals surface area contributed by atoms with Gasteiger partial charge in [0.1, 0.15) is 18.2 Å². The molecule has 1 atom stereocenters. The van der Waals surface area contributed by atoms with Gasteiger partial charge < -0.3 is 24.7 Å². The molecule has 1 amide bonds. The molecule has 1 aliphatic heterocycles. The van der Waals surface area contributed by atoms with E-state index in [1.165, 1.54) is 24.3 Å². The number of ether oxygens (including phenoxy) is 4. The molecule has 1 aliphatic rings. The van der Waals surface area contributed by atoms with Crippen LogP contribution >= 0.6 is 0 Å². The molecule has 1 heterocycles. The van der Waals surface area contributed by atoms with Crippen LogP contribution in [0.5, 0.6) is 11.5 Å². The molecule has 0 aliphatic carbocycles. The lowest BCUT2D eigenvalue weighted by molar-refractivity contribution is -0.163. The summed E-state index contributed by atoms with van der Waals surface area (Å²) in [6.45, 7) is 2.97. The third-order valence-electron chi connectivity index (χ3n) is 5.18. The van der Waals surface area contributed by atoms with E-state index in [-0.39, 0.29) is 18.5 Å². The largest absolute Gasteiger partial charge is 0.490 e. The highest BCUT2D eigenvalue weighted by molar-refractivity contribution is 5.93. The van der Waals surface area contributed by atoms with Crippen molar-refractivity contribution in [2.75, 3.05) is 19.8 Å². The summed E-state index contributed by atoms with van der Waals surface area (Å²) in [6.07, 6.45) is 4.79. The van der Waals surface area contributed by atoms with Gasteiger partial charge >= 0.3 is 0 Å². The number of nitrogens with two attached hydrogens (primary N) is 1. The zero-order chi connectivity index (χ0) is 23.6. The molecule has 178 valence electrons. The molecule has 1 unspecified atom stereocenters. The number of hydrogen-bond acceptors (Lipinski definition) is 5. The lowest BCUT2D eigenvalue weighted by Gasteiger charge is -2.22. The summed E-state index contributed by atoms with van der Waals surface area (Å²) in [5.41, 5.74) is 6.44. The smallest absolute Gasteiger partial charge is 0.241 e. The van der Waals surface area contributed by atoms with Crippen molar-refractivity contribution >= 4 is 11.5 Å². The van der Waals surface area contributed by atoms with Crippen molar-refractivity contribution < 1.29 is 32.5 Å². The number of hydrogen-bond donors (Lipinski definition) is 1. The van der Waals surface area contributed by atoms with Gasteiger partial charge in [0.25, 0.3) is 0 Å². The van der Waals surface area contributed by atoms with Crippen molar-refractivity contribution in [2.45, 2.75) is 45.5 Å². The Labute approximate surface area is 192 Å². The fourth-order valence-corrected chi connectivity index (χ4v) is 3.40. The van der Waals surface area contributed by atoms with Crippen molar-refractivity contribution in [3.05, 3.63) is 65.2 Å². The summed E-state index contributed by atoms with van der Waals surface area (Å²) >= 11 is 0. The van der Waals surface area contributed by atoms with E-state index in [4.69, 9.17) is 24.7 Å². The van der Waals surface area contributed by atoms with Crippen LogP contribution in [0.4, 0.5) is 8.78 Å². The van der Waals surface area contributed by atoms with Crippen LogP contribution in [0.25, 0.3) is 5.57 Å². The quantitative estimate of drug-likeness (QED) is 0.386. The molecule has 0 radical (unpaired) electrons. The Morgan fingerprint density at radius 1 is 1.12 bits per heavy atom. The molecule has 0 bridgehead atoms. The molecule has 6 nitrogen and oxygen atoms in total. The van der Waals surface area contributed by atoms with Crippen LogP contribution in [0, 0.1) is 11.6 Å². The maximum Gasteiger partial charge on any atom is 0.241 e. The number of halogens is 2. The summed E-state index contributed by atoms with van der Waals surface area (Å²) < 4.78 is 50.8. The summed E-state index contributed by atoms with van der Waals surface area (Å²) in [5, 5.41) is 0. The van der Waals surface area contributed by atoms with Crippen molar-refractivity contribution in [3.8, 4) is 11.5 Å². The first-order valence-electron chi connectivity index (χ1n) is 11.0. The maximum atomic E-state index is 14.0. The van der Waals surface area contributed by atoms with Gasteiger partial charge in [-0.1, -0.05) is 12.1 Å². The fraction of sp³-hybridized carbons (Fsp3) is 0.400. The predicted molar refractivity (Wildman–Crippen MR) is 120 cm³/mol. The third-order valence-corrected chi connectivity index (χ3v) is 5.18. The maximum absolute atomic E-state index is 14.0. The number of carbonyl (C=O) groups is 1. The average Bonchev–Trinajstić information content (AvgIpc) is 2.79. The monoisotopic (exact) mass is 461 g/mol. The summed E-state index contributed by atoms with van der Waals surface area (Å²) in [6, 6.07) is 8.71. The molecule has 0 spiro atoms. The van der Waals surface area contributed by atoms with Gasteiger partial charge in [-0.3, -0.25) is 4.79 Å². The van der Waals surface area contributed by atoms with Gasteiger partial charge in [-0.25, -0.2) is 8.78 Å². The van der Waals surface area contributed by atoms with E-state index in [2.05, 4.69) is 0 Å². The lowest BCUT2D eigenvalue weighted by atomic mass is 10.1. The number of rotatable bonds is 11. The zero-order valence-electron chi connectivity index (χ0n) is 18.7. The van der Waals surface area contributed by atoms with E-state index in [1.807, 2.05) is 0 Å². The normalized spacial score (nSPS) is 16.5. The Morgan fingerprint density at radius 2 is 1.91 bits per heavy atom. The van der Waals surface area contributed by atoms with Crippen LogP contribution in [0.3, 0.4) is 0 Å². The van der Waals surface area contributed by atoms with E-state index >= 15 is 0 Å². The van der Waals surface area contributed by atoms with Crippen molar-refractivity contribution in [3.63, 3.8) is 0 Å². The first kappa shape index (κ1) is 24.7. The second-order valence-corrected chi connectivity index (χ2v) is 7.75. The van der Waals surface area contributed by atoms with Crippen molar-refractivity contribution in [2.24, 2.45) is 5.73 Å². The van der Waals surface area contributed by atoms with Gasteiger partial charge in [-0.2, -0.15) is 0 Å². The Hall–Kier alpha value is -2.97. The summed E-state index contributed by atoms with van der Waals surface area (Å²) in [5.74, 6) is -1.22. The number of allylic oxidation sites excluding steroid dienone is 1. The molecule has 1 saturated heterocycles. The molecule has 2 aromatic carbocycles.